The van der Waals surface area contributed by atoms with Gasteiger partial charge in [-0.1, -0.05) is 23.9 Å². The Morgan fingerprint density at radius 3 is 2.40 bits per heavy atom. The molecule has 0 fully saturated rings. The number of hydrogen-bond donors (Lipinski definition) is 0. The molecule has 0 aliphatic heterocycles. The number of carbonyl (C=O) groups excluding carboxylic acids is 1. The molecule has 3 heteroatoms. The van der Waals surface area contributed by atoms with E-state index in [2.05, 4.69) is 0 Å². The highest BCUT2D eigenvalue weighted by Crippen LogP contribution is 2.15. The molecule has 0 amide bonds. The molecular formula is C12H14O2S. The molecule has 15 heavy (non-hydrogen) atoms. The van der Waals surface area contributed by atoms with Crippen molar-refractivity contribution in [3.8, 4) is 5.75 Å². The number of benzene rings is 1. The zero-order valence-electron chi connectivity index (χ0n) is 9.11. The van der Waals surface area contributed by atoms with E-state index in [4.69, 9.17) is 4.74 Å². The van der Waals surface area contributed by atoms with Crippen LogP contribution < -0.4 is 4.74 Å². The molecule has 0 atom stereocenters. The lowest BCUT2D eigenvalue weighted by Crippen LogP contribution is -1.91. The Kier molecular flexibility index (Phi) is 4.43. The minimum absolute atomic E-state index is 0.103. The Morgan fingerprint density at radius 1 is 1.33 bits per heavy atom. The summed E-state index contributed by atoms with van der Waals surface area (Å²) in [5.41, 5.74) is 1.77. The summed E-state index contributed by atoms with van der Waals surface area (Å²) < 4.78 is 5.05. The predicted octanol–water partition coefficient (Wildman–Crippen LogP) is 2.99. The highest BCUT2D eigenvalue weighted by atomic mass is 32.2. The Balaban J connectivity index is 2.84. The van der Waals surface area contributed by atoms with Crippen molar-refractivity contribution in [2.45, 2.75) is 6.92 Å². The van der Waals surface area contributed by atoms with Gasteiger partial charge < -0.3 is 4.74 Å². The topological polar surface area (TPSA) is 26.3 Å². The number of thioether (sulfide) groups is 1. The van der Waals surface area contributed by atoms with Crippen LogP contribution in [0.2, 0.25) is 0 Å². The fourth-order valence-corrected chi connectivity index (χ4v) is 1.55. The number of ether oxygens (including phenoxy) is 1. The zero-order chi connectivity index (χ0) is 11.3. The van der Waals surface area contributed by atoms with Crippen molar-refractivity contribution >= 4 is 23.0 Å². The van der Waals surface area contributed by atoms with Crippen LogP contribution in [0, 0.1) is 0 Å². The summed E-state index contributed by atoms with van der Waals surface area (Å²) in [5.74, 6) is 0.820. The molecule has 1 rings (SSSR count). The van der Waals surface area contributed by atoms with Crippen molar-refractivity contribution in [2.75, 3.05) is 13.4 Å². The van der Waals surface area contributed by atoms with Crippen molar-refractivity contribution in [3.63, 3.8) is 0 Å². The lowest BCUT2D eigenvalue weighted by atomic mass is 10.1. The Labute approximate surface area is 94.3 Å². The molecule has 80 valence electrons. The Bertz CT molecular complexity index is 366. The van der Waals surface area contributed by atoms with Crippen LogP contribution in [0.5, 0.6) is 5.75 Å². The molecule has 0 aliphatic rings. The second-order valence-electron chi connectivity index (χ2n) is 3.09. The average Bonchev–Trinajstić information content (AvgIpc) is 2.29. The van der Waals surface area contributed by atoms with Crippen LogP contribution in [0.4, 0.5) is 0 Å². The molecular weight excluding hydrogens is 208 g/mol. The molecule has 1 aromatic rings. The minimum Gasteiger partial charge on any atom is -0.497 e. The van der Waals surface area contributed by atoms with Gasteiger partial charge in [0.1, 0.15) is 5.75 Å². The zero-order valence-corrected chi connectivity index (χ0v) is 9.93. The minimum atomic E-state index is 0.103. The lowest BCUT2D eigenvalue weighted by molar-refractivity contribution is -0.107. The third-order valence-corrected chi connectivity index (χ3v) is 2.70. The van der Waals surface area contributed by atoms with Crippen molar-refractivity contribution in [3.05, 3.63) is 35.4 Å². The van der Waals surface area contributed by atoms with Gasteiger partial charge in [-0.15, -0.1) is 0 Å². The van der Waals surface area contributed by atoms with E-state index < -0.39 is 0 Å². The van der Waals surface area contributed by atoms with Crippen LogP contribution in [0.3, 0.4) is 0 Å². The Morgan fingerprint density at radius 2 is 1.93 bits per heavy atom. The fraction of sp³-hybridized carbons (Fsp3) is 0.250. The molecule has 2 nitrogen and oxygen atoms in total. The molecule has 0 saturated heterocycles. The predicted molar refractivity (Wildman–Crippen MR) is 65.2 cm³/mol. The summed E-state index contributed by atoms with van der Waals surface area (Å²) >= 11 is 1.23. The van der Waals surface area contributed by atoms with E-state index in [1.165, 1.54) is 11.8 Å². The van der Waals surface area contributed by atoms with E-state index in [-0.39, 0.29) is 5.12 Å². The maximum atomic E-state index is 11.3. The highest BCUT2D eigenvalue weighted by molar-refractivity contribution is 8.13. The smallest absolute Gasteiger partial charge is 0.214 e. The Hall–Kier alpha value is -1.22. The van der Waals surface area contributed by atoms with E-state index in [1.807, 2.05) is 37.3 Å². The highest BCUT2D eigenvalue weighted by Gasteiger charge is 2.01. The van der Waals surface area contributed by atoms with Crippen LogP contribution in [-0.2, 0) is 4.79 Å². The van der Waals surface area contributed by atoms with E-state index in [0.717, 1.165) is 16.9 Å². The summed E-state index contributed by atoms with van der Waals surface area (Å²) in [6, 6.07) is 7.61. The van der Waals surface area contributed by atoms with Crippen LogP contribution >= 0.6 is 11.8 Å². The van der Waals surface area contributed by atoms with Crippen molar-refractivity contribution < 1.29 is 9.53 Å². The monoisotopic (exact) mass is 222 g/mol. The van der Waals surface area contributed by atoms with E-state index >= 15 is 0 Å². The first-order valence-corrected chi connectivity index (χ1v) is 5.80. The van der Waals surface area contributed by atoms with Gasteiger partial charge in [0.05, 0.1) is 7.11 Å². The third-order valence-electron chi connectivity index (χ3n) is 2.01. The molecule has 0 radical (unpaired) electrons. The van der Waals surface area contributed by atoms with Gasteiger partial charge in [-0.05, 0) is 37.0 Å². The van der Waals surface area contributed by atoms with Crippen LogP contribution in [0.1, 0.15) is 12.5 Å². The standard InChI is InChI=1S/C12H14O2S/c1-9(12(13)15-3)8-10-4-6-11(14-2)7-5-10/h4-8H,1-3H3/b9-8+. The molecule has 0 aliphatic carbocycles. The summed E-state index contributed by atoms with van der Waals surface area (Å²) in [6.07, 6.45) is 3.66. The maximum Gasteiger partial charge on any atom is 0.214 e. The molecule has 0 N–H and O–H groups in total. The van der Waals surface area contributed by atoms with Crippen molar-refractivity contribution in [1.29, 1.82) is 0 Å². The first kappa shape index (κ1) is 11.9. The van der Waals surface area contributed by atoms with E-state index in [9.17, 15) is 4.79 Å². The van der Waals surface area contributed by atoms with E-state index in [1.54, 1.807) is 13.4 Å². The first-order valence-electron chi connectivity index (χ1n) is 4.58. The number of carbonyl (C=O) groups is 1. The maximum absolute atomic E-state index is 11.3. The fourth-order valence-electron chi connectivity index (χ4n) is 1.17. The molecule has 0 unspecified atom stereocenters. The first-order chi connectivity index (χ1) is 7.17. The molecule has 0 bridgehead atoms. The van der Waals surface area contributed by atoms with Gasteiger partial charge in [-0.25, -0.2) is 0 Å². The largest absolute Gasteiger partial charge is 0.497 e. The molecule has 0 spiro atoms. The van der Waals surface area contributed by atoms with Gasteiger partial charge in [-0.3, -0.25) is 4.79 Å². The summed E-state index contributed by atoms with van der Waals surface area (Å²) in [5, 5.41) is 0.103. The third kappa shape index (κ3) is 3.44. The van der Waals surface area contributed by atoms with Crippen LogP contribution in [0.25, 0.3) is 6.08 Å². The average molecular weight is 222 g/mol. The van der Waals surface area contributed by atoms with Crippen LogP contribution in [-0.4, -0.2) is 18.5 Å². The summed E-state index contributed by atoms with van der Waals surface area (Å²) in [6.45, 7) is 1.82. The lowest BCUT2D eigenvalue weighted by Gasteiger charge is -2.00. The van der Waals surface area contributed by atoms with Gasteiger partial charge >= 0.3 is 0 Å². The normalized spacial score (nSPS) is 11.3. The molecule has 0 heterocycles. The van der Waals surface area contributed by atoms with E-state index in [0.29, 0.717) is 0 Å². The van der Waals surface area contributed by atoms with Crippen molar-refractivity contribution in [2.24, 2.45) is 0 Å². The van der Waals surface area contributed by atoms with Gasteiger partial charge in [0.15, 0.2) is 0 Å². The van der Waals surface area contributed by atoms with Gasteiger partial charge in [0.25, 0.3) is 0 Å². The second kappa shape index (κ2) is 5.61. The SMILES string of the molecule is COc1ccc(/C=C(\C)C(=O)SC)cc1. The van der Waals surface area contributed by atoms with Gasteiger partial charge in [0.2, 0.25) is 5.12 Å². The number of methoxy groups -OCH3 is 1. The molecule has 0 saturated carbocycles. The quantitative estimate of drug-likeness (QED) is 0.735. The molecule has 1 aromatic carbocycles. The number of rotatable bonds is 3. The second-order valence-corrected chi connectivity index (χ2v) is 3.87. The summed E-state index contributed by atoms with van der Waals surface area (Å²) in [7, 11) is 1.63. The van der Waals surface area contributed by atoms with Gasteiger partial charge in [0, 0.05) is 5.57 Å². The molecule has 0 aromatic heterocycles. The number of hydrogen-bond acceptors (Lipinski definition) is 3. The summed E-state index contributed by atoms with van der Waals surface area (Å²) in [4.78, 5) is 11.3. The van der Waals surface area contributed by atoms with Crippen LogP contribution in [0.15, 0.2) is 29.8 Å². The van der Waals surface area contributed by atoms with Gasteiger partial charge in [-0.2, -0.15) is 0 Å². The van der Waals surface area contributed by atoms with Crippen molar-refractivity contribution in [1.82, 2.24) is 0 Å².